The van der Waals surface area contributed by atoms with Gasteiger partial charge in [-0.1, -0.05) is 109 Å². The molecule has 0 radical (unpaired) electrons. The monoisotopic (exact) mass is 691 g/mol. The highest BCUT2D eigenvalue weighted by atomic mass is 16.3. The molecular weight excluding hydrogens is 663 g/mol. The van der Waals surface area contributed by atoms with Crippen LogP contribution in [0.3, 0.4) is 0 Å². The third-order valence-electron chi connectivity index (χ3n) is 10.3. The van der Waals surface area contributed by atoms with Gasteiger partial charge in [0.1, 0.15) is 11.1 Å². The van der Waals surface area contributed by atoms with Crippen molar-refractivity contribution in [1.29, 1.82) is 0 Å². The Hall–Kier alpha value is -7.44. The third-order valence-corrected chi connectivity index (χ3v) is 10.3. The first-order valence-corrected chi connectivity index (χ1v) is 18.0. The van der Waals surface area contributed by atoms with Gasteiger partial charge in [0.2, 0.25) is 0 Å². The molecule has 6 heteroatoms. The summed E-state index contributed by atoms with van der Waals surface area (Å²) in [7, 11) is 0. The lowest BCUT2D eigenvalue weighted by Crippen LogP contribution is -2.01. The molecule has 0 atom stereocenters. The predicted octanol–water partition coefficient (Wildman–Crippen LogP) is 12.1. The minimum atomic E-state index is 0.570. The van der Waals surface area contributed by atoms with Crippen molar-refractivity contribution in [3.05, 3.63) is 176 Å². The van der Waals surface area contributed by atoms with Crippen molar-refractivity contribution in [2.75, 3.05) is 0 Å². The Bertz CT molecular complexity index is 3230. The van der Waals surface area contributed by atoms with Crippen molar-refractivity contribution >= 4 is 54.6 Å². The fourth-order valence-corrected chi connectivity index (χ4v) is 7.77. The molecule has 0 N–H and O–H groups in total. The fraction of sp³-hybridized carbons (Fsp3) is 0. The molecule has 0 amide bonds. The number of nitrogens with zero attached hydrogens (tertiary/aromatic N) is 5. The number of rotatable bonds is 5. The second-order valence-corrected chi connectivity index (χ2v) is 13.5. The summed E-state index contributed by atoms with van der Waals surface area (Å²) < 4.78 is 8.44. The van der Waals surface area contributed by atoms with Gasteiger partial charge in [-0.25, -0.2) is 15.0 Å². The van der Waals surface area contributed by atoms with Crippen LogP contribution in [0.15, 0.2) is 180 Å². The van der Waals surface area contributed by atoms with Gasteiger partial charge in [0.05, 0.1) is 11.0 Å². The minimum Gasteiger partial charge on any atom is -0.454 e. The summed E-state index contributed by atoms with van der Waals surface area (Å²) in [5.74, 6) is 1.75. The van der Waals surface area contributed by atoms with Crippen LogP contribution in [-0.2, 0) is 0 Å². The van der Waals surface area contributed by atoms with Crippen molar-refractivity contribution in [2.45, 2.75) is 0 Å². The normalized spacial score (nSPS) is 11.7. The molecule has 0 aliphatic rings. The predicted molar refractivity (Wildman–Crippen MR) is 218 cm³/mol. The van der Waals surface area contributed by atoms with E-state index in [1.807, 2.05) is 30.3 Å². The molecule has 54 heavy (non-hydrogen) atoms. The maximum atomic E-state index is 6.10. The van der Waals surface area contributed by atoms with Gasteiger partial charge >= 0.3 is 0 Å². The molecule has 252 valence electrons. The van der Waals surface area contributed by atoms with Gasteiger partial charge in [-0.15, -0.1) is 0 Å². The molecule has 0 aliphatic heterocycles. The number of hydrogen-bond acceptors (Lipinski definition) is 5. The Morgan fingerprint density at radius 3 is 1.94 bits per heavy atom. The molecule has 11 rings (SSSR count). The molecule has 0 aliphatic carbocycles. The van der Waals surface area contributed by atoms with E-state index in [1.165, 1.54) is 21.5 Å². The highest BCUT2D eigenvalue weighted by Crippen LogP contribution is 2.38. The smallest absolute Gasteiger partial charge is 0.164 e. The van der Waals surface area contributed by atoms with Crippen molar-refractivity contribution in [3.8, 4) is 51.0 Å². The SMILES string of the molecule is c1ccc(-c2cccc(-c3nc(-c4cccc(-n5c6ccccc6c6c7ccccc7ccc65)c4)nc(-c4ccc5oc6cccnc6c5c4)n3)c2)cc1. The van der Waals surface area contributed by atoms with Gasteiger partial charge in [-0.2, -0.15) is 0 Å². The average Bonchev–Trinajstić information content (AvgIpc) is 3.80. The first kappa shape index (κ1) is 30.2. The Balaban J connectivity index is 1.12. The van der Waals surface area contributed by atoms with Crippen LogP contribution in [0, 0.1) is 0 Å². The maximum Gasteiger partial charge on any atom is 0.164 e. The van der Waals surface area contributed by atoms with Gasteiger partial charge in [0.25, 0.3) is 0 Å². The number of para-hydroxylation sites is 1. The van der Waals surface area contributed by atoms with Crippen LogP contribution >= 0.6 is 0 Å². The van der Waals surface area contributed by atoms with E-state index >= 15 is 0 Å². The van der Waals surface area contributed by atoms with E-state index in [1.54, 1.807) is 6.20 Å². The Kier molecular flexibility index (Phi) is 6.75. The van der Waals surface area contributed by atoms with E-state index in [2.05, 4.69) is 149 Å². The van der Waals surface area contributed by atoms with Gasteiger partial charge in [0, 0.05) is 44.7 Å². The molecule has 0 spiro atoms. The quantitative estimate of drug-likeness (QED) is 0.180. The Morgan fingerprint density at radius 2 is 1.09 bits per heavy atom. The van der Waals surface area contributed by atoms with E-state index in [4.69, 9.17) is 19.4 Å². The summed E-state index contributed by atoms with van der Waals surface area (Å²) >= 11 is 0. The van der Waals surface area contributed by atoms with Gasteiger partial charge in [0.15, 0.2) is 23.1 Å². The molecule has 7 aromatic carbocycles. The summed E-state index contributed by atoms with van der Waals surface area (Å²) in [6, 6.07) is 58.8. The van der Waals surface area contributed by atoms with E-state index in [-0.39, 0.29) is 0 Å². The first-order valence-electron chi connectivity index (χ1n) is 18.0. The summed E-state index contributed by atoms with van der Waals surface area (Å²) in [6.07, 6.45) is 1.79. The number of benzene rings is 7. The van der Waals surface area contributed by atoms with E-state index in [0.717, 1.165) is 66.6 Å². The molecule has 11 aromatic rings. The minimum absolute atomic E-state index is 0.570. The molecule has 0 bridgehead atoms. The average molecular weight is 692 g/mol. The van der Waals surface area contributed by atoms with Crippen molar-refractivity contribution in [3.63, 3.8) is 0 Å². The zero-order valence-corrected chi connectivity index (χ0v) is 28.9. The fourth-order valence-electron chi connectivity index (χ4n) is 7.77. The number of aromatic nitrogens is 5. The summed E-state index contributed by atoms with van der Waals surface area (Å²) in [5.41, 5.74) is 10.5. The van der Waals surface area contributed by atoms with Crippen LogP contribution in [0.4, 0.5) is 0 Å². The van der Waals surface area contributed by atoms with Crippen LogP contribution in [0.25, 0.3) is 106 Å². The Labute approximate surface area is 309 Å². The number of hydrogen-bond donors (Lipinski definition) is 0. The van der Waals surface area contributed by atoms with E-state index in [9.17, 15) is 0 Å². The zero-order chi connectivity index (χ0) is 35.6. The van der Waals surface area contributed by atoms with Crippen LogP contribution in [-0.4, -0.2) is 24.5 Å². The molecule has 4 heterocycles. The number of pyridine rings is 1. The summed E-state index contributed by atoms with van der Waals surface area (Å²) in [4.78, 5) is 20.0. The largest absolute Gasteiger partial charge is 0.454 e. The van der Waals surface area contributed by atoms with Crippen LogP contribution in [0.2, 0.25) is 0 Å². The highest BCUT2D eigenvalue weighted by molar-refractivity contribution is 6.21. The van der Waals surface area contributed by atoms with Crippen molar-refractivity contribution < 1.29 is 4.42 Å². The standard InChI is InChI=1S/C48H29N5O/c1-2-11-30(12-3-1)32-14-8-15-33(27-32)46-50-47(52-48(51-46)35-23-25-42-39(29-35)45-43(54-42)21-10-26-49-45)34-16-9-17-36(28-34)53-40-20-7-6-19-38(40)44-37-18-5-4-13-31(37)22-24-41(44)53/h1-29H. The van der Waals surface area contributed by atoms with Gasteiger partial charge < -0.3 is 8.98 Å². The second-order valence-electron chi connectivity index (χ2n) is 13.5. The lowest BCUT2D eigenvalue weighted by molar-refractivity contribution is 0.668. The van der Waals surface area contributed by atoms with E-state index < -0.39 is 0 Å². The number of furan rings is 1. The van der Waals surface area contributed by atoms with Crippen LogP contribution in [0.1, 0.15) is 0 Å². The molecule has 6 nitrogen and oxygen atoms in total. The van der Waals surface area contributed by atoms with Crippen LogP contribution in [0.5, 0.6) is 0 Å². The Morgan fingerprint density at radius 1 is 0.407 bits per heavy atom. The number of fused-ring (bicyclic) bond motifs is 8. The lowest BCUT2D eigenvalue weighted by atomic mass is 10.0. The highest BCUT2D eigenvalue weighted by Gasteiger charge is 2.18. The molecule has 0 saturated heterocycles. The lowest BCUT2D eigenvalue weighted by Gasteiger charge is -2.12. The second kappa shape index (κ2) is 12.1. The van der Waals surface area contributed by atoms with Gasteiger partial charge in [-0.05, 0) is 82.6 Å². The molecule has 0 fully saturated rings. The zero-order valence-electron chi connectivity index (χ0n) is 28.9. The van der Waals surface area contributed by atoms with Crippen molar-refractivity contribution in [1.82, 2.24) is 24.5 Å². The molecule has 4 aromatic heterocycles. The summed E-state index contributed by atoms with van der Waals surface area (Å²) in [5, 5.41) is 5.84. The third kappa shape index (κ3) is 4.89. The molecule has 0 saturated carbocycles. The van der Waals surface area contributed by atoms with Crippen LogP contribution < -0.4 is 0 Å². The van der Waals surface area contributed by atoms with Crippen molar-refractivity contribution in [2.24, 2.45) is 0 Å². The van der Waals surface area contributed by atoms with E-state index in [0.29, 0.717) is 17.5 Å². The first-order chi connectivity index (χ1) is 26.7. The topological polar surface area (TPSA) is 69.6 Å². The molecule has 0 unspecified atom stereocenters. The van der Waals surface area contributed by atoms with Gasteiger partial charge in [-0.3, -0.25) is 4.98 Å². The maximum absolute atomic E-state index is 6.10. The molecular formula is C48H29N5O. The summed E-state index contributed by atoms with van der Waals surface area (Å²) in [6.45, 7) is 0.